The number of nitrogens with zero attached hydrogens (tertiary/aromatic N) is 4. The molecular weight excluding hydrogens is 1060 g/mol. The normalized spacial score (nSPS) is 32.6. The maximum atomic E-state index is 14.4. The van der Waals surface area contributed by atoms with E-state index in [9.17, 15) is 28.8 Å². The number of Topliss-reactive ketones (excluding diaryl/α,β-unsaturated/α-hetero) is 1. The van der Waals surface area contributed by atoms with E-state index in [2.05, 4.69) is 62.5 Å². The Hall–Kier alpha value is -6.47. The van der Waals surface area contributed by atoms with Crippen LogP contribution in [-0.4, -0.2) is 129 Å². The SMILES string of the molecule is CC1(C)C2C(CO)NC[C@@H]21.CC1(C)C2C3CO[C@H](c4ccccc4)N3C(=O)[C@@H]21.CC1(C)C2[C@@H](C(=O)NC(CC3CCC3)C(=O)C(N)=O)N(C(=O)[C@@H](Nc3nc4ccccc4o3)C3CCCCC3)C[C@@H]21.O=C1C=CC2CO[C@H](c3ccccc3)N12. The van der Waals surface area contributed by atoms with Crippen molar-refractivity contribution in [1.82, 2.24) is 30.3 Å². The number of nitrogens with one attached hydrogen (secondary N) is 3. The maximum absolute atomic E-state index is 14.4. The maximum Gasteiger partial charge on any atom is 0.296 e. The molecule has 7 heterocycles. The highest BCUT2D eigenvalue weighted by atomic mass is 16.5. The van der Waals surface area contributed by atoms with Gasteiger partial charge in [-0.25, -0.2) is 0 Å². The second-order valence-electron chi connectivity index (χ2n) is 27.4. The fourth-order valence-corrected chi connectivity index (χ4v) is 16.3. The zero-order chi connectivity index (χ0) is 59.0. The standard InChI is InChI=1S/C31H41N5O5.C15H17NO2.C12H11NO2.C8H15NO/c1-31(2)19-16-36(25(23(19)31)28(39)33-21(26(37)27(32)38)15-17-9-8-10-17)29(40)24(18-11-4-3-5-12-18)35-30-34-20-13-6-7-14-22(20)41-30;1-15(2)11-10-8-18-14(9-6-4-3-5-7-9)16(10)13(17)12(11)15;14-11-7-6-10-8-15-12(13(10)11)9-4-2-1-3-5-9;1-8(2)5-3-9-6(4-10)7(5)8/h6-7,13-14,17-19,21,23-25H,3-5,8-12,15-16H2,1-2H3,(H2,32,38)(H,33,39)(H,34,35);3-7,10-12,14H,8H2,1-2H3;1-7,10,12H,8H2;5-7,9-10H,3-4H2,1-2H3/t19-,21?,23?,24-,25-;10?,11?,12-,14-;10?,12-;5-,6?,7?/m0110/s1. The van der Waals surface area contributed by atoms with Crippen LogP contribution in [0.5, 0.6) is 0 Å². The number of fused-ring (bicyclic) bond motifs is 7. The first-order valence-electron chi connectivity index (χ1n) is 30.9. The number of rotatable bonds is 13. The molecule has 84 heavy (non-hydrogen) atoms. The first-order valence-corrected chi connectivity index (χ1v) is 30.9. The summed E-state index contributed by atoms with van der Waals surface area (Å²) in [5, 5.41) is 18.4. The van der Waals surface area contributed by atoms with Gasteiger partial charge in [-0.2, -0.15) is 4.98 Å². The molecule has 6 aliphatic heterocycles. The van der Waals surface area contributed by atoms with E-state index >= 15 is 0 Å². The summed E-state index contributed by atoms with van der Waals surface area (Å²) in [6, 6.07) is 26.2. The van der Waals surface area contributed by atoms with Crippen LogP contribution in [0, 0.1) is 63.6 Å². The predicted octanol–water partition coefficient (Wildman–Crippen LogP) is 7.30. The summed E-state index contributed by atoms with van der Waals surface area (Å²) < 4.78 is 17.4. The number of aromatic nitrogens is 1. The molecule has 7 unspecified atom stereocenters. The minimum absolute atomic E-state index is 0.0178. The average Bonchev–Trinajstić information content (AvgIpc) is 1.61. The highest BCUT2D eigenvalue weighted by Crippen LogP contribution is 2.68. The summed E-state index contributed by atoms with van der Waals surface area (Å²) in [5.74, 6) is 0.869. The first kappa shape index (κ1) is 57.9. The molecule has 1 aromatic heterocycles. The molecule has 0 bridgehead atoms. The first-order chi connectivity index (χ1) is 40.3. The lowest BCUT2D eigenvalue weighted by Gasteiger charge is -2.37. The number of hydrogen-bond donors (Lipinski definition) is 5. The molecule has 15 rings (SSSR count). The molecule has 5 saturated carbocycles. The van der Waals surface area contributed by atoms with Gasteiger partial charge >= 0.3 is 0 Å². The number of hydrogen-bond acceptors (Lipinski definition) is 13. The number of anilines is 1. The monoisotopic (exact) mass is 1150 g/mol. The number of carbonyl (C=O) groups is 6. The summed E-state index contributed by atoms with van der Waals surface area (Å²) >= 11 is 0. The van der Waals surface area contributed by atoms with Gasteiger partial charge in [0.1, 0.15) is 17.6 Å². The van der Waals surface area contributed by atoms with E-state index in [1.165, 1.54) is 0 Å². The highest BCUT2D eigenvalue weighted by Gasteiger charge is 2.74. The molecule has 18 nitrogen and oxygen atoms in total. The minimum atomic E-state index is -1.04. The van der Waals surface area contributed by atoms with E-state index in [1.807, 2.05) is 95.9 Å². The van der Waals surface area contributed by atoms with Crippen molar-refractivity contribution in [2.24, 2.45) is 69.3 Å². The number of nitrogens with two attached hydrogens (primary N) is 1. The molecule has 5 amide bonds. The fraction of sp³-hybridized carbons (Fsp3) is 0.591. The van der Waals surface area contributed by atoms with E-state index in [0.29, 0.717) is 79.2 Å². The van der Waals surface area contributed by atoms with Gasteiger partial charge in [-0.15, -0.1) is 0 Å². The van der Waals surface area contributed by atoms with Gasteiger partial charge in [0.15, 0.2) is 18.0 Å². The minimum Gasteiger partial charge on any atom is -0.424 e. The largest absolute Gasteiger partial charge is 0.424 e. The third-order valence-electron chi connectivity index (χ3n) is 21.6. The van der Waals surface area contributed by atoms with Gasteiger partial charge in [0.05, 0.1) is 37.9 Å². The Morgan fingerprint density at radius 3 is 2.01 bits per heavy atom. The third-order valence-corrected chi connectivity index (χ3v) is 21.6. The van der Waals surface area contributed by atoms with Crippen molar-refractivity contribution >= 4 is 52.4 Å². The summed E-state index contributed by atoms with van der Waals surface area (Å²) in [7, 11) is 0. The molecule has 3 aromatic carbocycles. The number of piperidine rings is 3. The number of aliphatic hydroxyl groups is 1. The molecule has 448 valence electrons. The van der Waals surface area contributed by atoms with Crippen molar-refractivity contribution in [2.45, 2.75) is 148 Å². The Morgan fingerprint density at radius 2 is 1.40 bits per heavy atom. The van der Waals surface area contributed by atoms with Gasteiger partial charge in [0.25, 0.3) is 11.9 Å². The topological polar surface area (TPSA) is 239 Å². The second kappa shape index (κ2) is 22.8. The van der Waals surface area contributed by atoms with Crippen LogP contribution >= 0.6 is 0 Å². The molecule has 6 N–H and O–H groups in total. The lowest BCUT2D eigenvalue weighted by Crippen LogP contribution is -2.58. The van der Waals surface area contributed by atoms with E-state index in [-0.39, 0.29) is 76.6 Å². The van der Waals surface area contributed by atoms with Crippen LogP contribution in [-0.2, 0) is 38.2 Å². The van der Waals surface area contributed by atoms with Crippen molar-refractivity contribution < 1.29 is 47.8 Å². The Kier molecular flexibility index (Phi) is 15.7. The van der Waals surface area contributed by atoms with Crippen LogP contribution in [0.3, 0.4) is 0 Å². The van der Waals surface area contributed by atoms with Crippen LogP contribution in [0.25, 0.3) is 11.1 Å². The molecular formula is C66H84N8O10. The number of benzene rings is 3. The molecule has 4 aromatic rings. The molecule has 0 spiro atoms. The van der Waals surface area contributed by atoms with Crippen LogP contribution in [0.4, 0.5) is 6.01 Å². The third kappa shape index (κ3) is 10.6. The molecule has 5 saturated heterocycles. The summed E-state index contributed by atoms with van der Waals surface area (Å²) in [5.41, 5.74) is 9.44. The molecule has 5 aliphatic carbocycles. The van der Waals surface area contributed by atoms with E-state index in [0.717, 1.165) is 80.9 Å². The fourth-order valence-electron chi connectivity index (χ4n) is 16.3. The van der Waals surface area contributed by atoms with E-state index in [4.69, 9.17) is 24.7 Å². The zero-order valence-electron chi connectivity index (χ0n) is 49.4. The predicted molar refractivity (Wildman–Crippen MR) is 313 cm³/mol. The molecule has 14 atom stereocenters. The highest BCUT2D eigenvalue weighted by molar-refractivity contribution is 6.37. The number of para-hydroxylation sites is 2. The Labute approximate surface area is 492 Å². The number of aliphatic hydroxyl groups excluding tert-OH is 1. The quantitative estimate of drug-likeness (QED) is 0.0827. The van der Waals surface area contributed by atoms with Gasteiger partial charge in [-0.05, 0) is 95.6 Å². The Balaban J connectivity index is 0.000000130. The van der Waals surface area contributed by atoms with Crippen molar-refractivity contribution in [3.63, 3.8) is 0 Å². The number of ether oxygens (including phenoxy) is 2. The number of ketones is 1. The van der Waals surface area contributed by atoms with E-state index < -0.39 is 29.8 Å². The Bertz CT molecular complexity index is 3120. The molecule has 10 fully saturated rings. The number of oxazole rings is 1. The second-order valence-corrected chi connectivity index (χ2v) is 27.4. The number of amides is 5. The van der Waals surface area contributed by atoms with Gasteiger partial charge in [0.2, 0.25) is 29.4 Å². The number of carbonyl (C=O) groups excluding carboxylic acids is 6. The molecule has 18 heteroatoms. The van der Waals surface area contributed by atoms with Crippen LogP contribution in [0.1, 0.15) is 123 Å². The van der Waals surface area contributed by atoms with Crippen molar-refractivity contribution in [2.75, 3.05) is 38.2 Å². The molecule has 11 aliphatic rings. The van der Waals surface area contributed by atoms with Gasteiger partial charge in [0, 0.05) is 35.7 Å². The van der Waals surface area contributed by atoms with Crippen LogP contribution in [0.15, 0.2) is 101 Å². The zero-order valence-corrected chi connectivity index (χ0v) is 49.4. The summed E-state index contributed by atoms with van der Waals surface area (Å²) in [6.07, 6.45) is 11.6. The van der Waals surface area contributed by atoms with Gasteiger partial charge in [-0.3, -0.25) is 28.8 Å². The van der Waals surface area contributed by atoms with Crippen LogP contribution < -0.4 is 21.7 Å². The lowest BCUT2D eigenvalue weighted by molar-refractivity contribution is -0.144. The smallest absolute Gasteiger partial charge is 0.296 e. The van der Waals surface area contributed by atoms with Crippen molar-refractivity contribution in [3.05, 3.63) is 108 Å². The van der Waals surface area contributed by atoms with Crippen LogP contribution in [0.2, 0.25) is 0 Å². The molecule has 0 radical (unpaired) electrons. The summed E-state index contributed by atoms with van der Waals surface area (Å²) in [4.78, 5) is 86.9. The average molecular weight is 1150 g/mol. The van der Waals surface area contributed by atoms with E-state index in [1.54, 1.807) is 15.9 Å². The van der Waals surface area contributed by atoms with Crippen molar-refractivity contribution in [1.29, 1.82) is 0 Å². The summed E-state index contributed by atoms with van der Waals surface area (Å²) in [6.45, 7) is 16.4. The number of likely N-dealkylation sites (tertiary alicyclic amines) is 1. The van der Waals surface area contributed by atoms with Crippen molar-refractivity contribution in [3.8, 4) is 0 Å². The number of primary amides is 1. The van der Waals surface area contributed by atoms with Gasteiger partial charge in [-0.1, -0.05) is 159 Å². The Morgan fingerprint density at radius 1 is 0.762 bits per heavy atom. The lowest BCUT2D eigenvalue weighted by atomic mass is 9.80. The van der Waals surface area contributed by atoms with Gasteiger partial charge < -0.3 is 55.4 Å².